The number of benzene rings is 1. The summed E-state index contributed by atoms with van der Waals surface area (Å²) in [5, 5.41) is 19.7. The number of aromatic nitrogens is 2. The van der Waals surface area contributed by atoms with Crippen LogP contribution in [-0.4, -0.2) is 21.2 Å². The van der Waals surface area contributed by atoms with Crippen LogP contribution in [0.15, 0.2) is 42.6 Å². The lowest BCUT2D eigenvalue weighted by Crippen LogP contribution is -2.23. The van der Waals surface area contributed by atoms with Gasteiger partial charge in [-0.05, 0) is 24.3 Å². The number of hydrogen-bond acceptors (Lipinski definition) is 4. The predicted molar refractivity (Wildman–Crippen MR) is 61.3 cm³/mol. The monoisotopic (exact) mass is 229 g/mol. The van der Waals surface area contributed by atoms with Crippen LogP contribution in [-0.2, 0) is 6.54 Å². The van der Waals surface area contributed by atoms with Crippen LogP contribution in [0.1, 0.15) is 16.1 Å². The van der Waals surface area contributed by atoms with Gasteiger partial charge in [0.2, 0.25) is 0 Å². The fourth-order valence-corrected chi connectivity index (χ4v) is 1.36. The first kappa shape index (κ1) is 11.1. The van der Waals surface area contributed by atoms with Gasteiger partial charge in [-0.15, -0.1) is 0 Å². The first-order valence-electron chi connectivity index (χ1n) is 5.10. The quantitative estimate of drug-likeness (QED) is 0.826. The molecule has 86 valence electrons. The molecule has 0 bridgehead atoms. The average Bonchev–Trinajstić information content (AvgIpc) is 2.38. The lowest BCUT2D eigenvalue weighted by atomic mass is 10.2. The third-order valence-electron chi connectivity index (χ3n) is 2.21. The summed E-state index contributed by atoms with van der Waals surface area (Å²) < 4.78 is 0. The van der Waals surface area contributed by atoms with Crippen LogP contribution in [0.25, 0.3) is 0 Å². The Morgan fingerprint density at radius 2 is 2.06 bits per heavy atom. The number of para-hydroxylation sites is 1. The molecule has 0 unspecified atom stereocenters. The Hall–Kier alpha value is -2.43. The van der Waals surface area contributed by atoms with E-state index in [4.69, 9.17) is 0 Å². The van der Waals surface area contributed by atoms with Crippen molar-refractivity contribution in [2.75, 3.05) is 0 Å². The molecule has 5 nitrogen and oxygen atoms in total. The molecule has 0 fully saturated rings. The van der Waals surface area contributed by atoms with Gasteiger partial charge in [0.05, 0.1) is 17.8 Å². The normalized spacial score (nSPS) is 9.88. The maximum absolute atomic E-state index is 11.7. The second kappa shape index (κ2) is 5.07. The highest BCUT2D eigenvalue weighted by molar-refractivity contribution is 5.96. The topological polar surface area (TPSA) is 75.1 Å². The van der Waals surface area contributed by atoms with Crippen LogP contribution in [0, 0.1) is 0 Å². The zero-order valence-corrected chi connectivity index (χ0v) is 9.00. The maximum Gasteiger partial charge on any atom is 0.255 e. The highest BCUT2D eigenvalue weighted by Gasteiger charge is 2.09. The van der Waals surface area contributed by atoms with Gasteiger partial charge < -0.3 is 10.4 Å². The number of nitrogens with one attached hydrogen (secondary N) is 1. The first-order valence-corrected chi connectivity index (χ1v) is 5.10. The molecule has 2 aromatic rings. The molecule has 0 aliphatic carbocycles. The summed E-state index contributed by atoms with van der Waals surface area (Å²) in [6.45, 7) is 0.279. The van der Waals surface area contributed by atoms with Crippen LogP contribution >= 0.6 is 0 Å². The van der Waals surface area contributed by atoms with Crippen molar-refractivity contribution in [3.8, 4) is 5.75 Å². The SMILES string of the molecule is O=C(NCc1cccnn1)c1ccccc1O. The molecule has 17 heavy (non-hydrogen) atoms. The number of amides is 1. The van der Waals surface area contributed by atoms with Crippen molar-refractivity contribution < 1.29 is 9.90 Å². The largest absolute Gasteiger partial charge is 0.507 e. The number of carbonyl (C=O) groups excluding carboxylic acids is 1. The molecule has 1 amide bonds. The van der Waals surface area contributed by atoms with Gasteiger partial charge in [0, 0.05) is 6.20 Å². The van der Waals surface area contributed by atoms with E-state index in [-0.39, 0.29) is 23.8 Å². The van der Waals surface area contributed by atoms with Crippen molar-refractivity contribution in [1.82, 2.24) is 15.5 Å². The molecular weight excluding hydrogens is 218 g/mol. The van der Waals surface area contributed by atoms with Gasteiger partial charge in [0.15, 0.2) is 0 Å². The summed E-state index contributed by atoms with van der Waals surface area (Å²) in [7, 11) is 0. The lowest BCUT2D eigenvalue weighted by Gasteiger charge is -2.05. The van der Waals surface area contributed by atoms with Crippen molar-refractivity contribution >= 4 is 5.91 Å². The minimum Gasteiger partial charge on any atom is -0.507 e. The molecule has 0 atom stereocenters. The van der Waals surface area contributed by atoms with Crippen molar-refractivity contribution in [3.05, 3.63) is 53.9 Å². The van der Waals surface area contributed by atoms with Gasteiger partial charge in [-0.25, -0.2) is 0 Å². The van der Waals surface area contributed by atoms with Crippen molar-refractivity contribution in [2.24, 2.45) is 0 Å². The third-order valence-corrected chi connectivity index (χ3v) is 2.21. The molecule has 5 heteroatoms. The van der Waals surface area contributed by atoms with E-state index in [0.717, 1.165) is 0 Å². The van der Waals surface area contributed by atoms with Crippen LogP contribution in [0.4, 0.5) is 0 Å². The zero-order valence-electron chi connectivity index (χ0n) is 9.00. The molecular formula is C12H11N3O2. The molecule has 0 saturated heterocycles. The van der Waals surface area contributed by atoms with Gasteiger partial charge in [-0.3, -0.25) is 4.79 Å². The second-order valence-corrected chi connectivity index (χ2v) is 3.41. The van der Waals surface area contributed by atoms with E-state index < -0.39 is 0 Å². The van der Waals surface area contributed by atoms with E-state index in [1.54, 1.807) is 36.5 Å². The Morgan fingerprint density at radius 3 is 2.76 bits per heavy atom. The van der Waals surface area contributed by atoms with Crippen LogP contribution in [0.3, 0.4) is 0 Å². The molecule has 0 saturated carbocycles. The highest BCUT2D eigenvalue weighted by atomic mass is 16.3. The number of hydrogen-bond donors (Lipinski definition) is 2. The molecule has 2 rings (SSSR count). The summed E-state index contributed by atoms with van der Waals surface area (Å²) >= 11 is 0. The Kier molecular flexibility index (Phi) is 3.30. The highest BCUT2D eigenvalue weighted by Crippen LogP contribution is 2.14. The lowest BCUT2D eigenvalue weighted by molar-refractivity contribution is 0.0947. The fraction of sp³-hybridized carbons (Fsp3) is 0.0833. The van der Waals surface area contributed by atoms with Crippen LogP contribution in [0.2, 0.25) is 0 Å². The summed E-state index contributed by atoms with van der Waals surface area (Å²) in [6, 6.07) is 9.89. The Balaban J connectivity index is 2.01. The zero-order chi connectivity index (χ0) is 12.1. The molecule has 2 N–H and O–H groups in total. The van der Waals surface area contributed by atoms with E-state index in [2.05, 4.69) is 15.5 Å². The van der Waals surface area contributed by atoms with E-state index in [0.29, 0.717) is 5.69 Å². The van der Waals surface area contributed by atoms with Crippen LogP contribution in [0.5, 0.6) is 5.75 Å². The summed E-state index contributed by atoms with van der Waals surface area (Å²) in [5.41, 5.74) is 0.910. The van der Waals surface area contributed by atoms with E-state index in [9.17, 15) is 9.90 Å². The fourth-order valence-electron chi connectivity index (χ4n) is 1.36. The second-order valence-electron chi connectivity index (χ2n) is 3.41. The molecule has 0 spiro atoms. The summed E-state index contributed by atoms with van der Waals surface area (Å²) in [5.74, 6) is -0.377. The number of phenolic OH excluding ortho intramolecular Hbond substituents is 1. The summed E-state index contributed by atoms with van der Waals surface area (Å²) in [4.78, 5) is 11.7. The van der Waals surface area contributed by atoms with E-state index in [1.807, 2.05) is 0 Å². The minimum absolute atomic E-state index is 0.0378. The number of carbonyl (C=O) groups is 1. The van der Waals surface area contributed by atoms with E-state index >= 15 is 0 Å². The van der Waals surface area contributed by atoms with Crippen molar-refractivity contribution in [1.29, 1.82) is 0 Å². The van der Waals surface area contributed by atoms with Crippen LogP contribution < -0.4 is 5.32 Å². The Bertz CT molecular complexity index is 514. The Morgan fingerprint density at radius 1 is 1.24 bits per heavy atom. The standard InChI is InChI=1S/C12H11N3O2/c16-11-6-2-1-5-10(11)12(17)13-8-9-4-3-7-14-15-9/h1-7,16H,8H2,(H,13,17). The number of aromatic hydroxyl groups is 1. The minimum atomic E-state index is -0.339. The first-order chi connectivity index (χ1) is 8.27. The molecule has 1 aromatic heterocycles. The number of phenols is 1. The van der Waals surface area contributed by atoms with Gasteiger partial charge in [-0.1, -0.05) is 12.1 Å². The molecule has 0 aliphatic rings. The Labute approximate surface area is 98.1 Å². The number of nitrogens with zero attached hydrogens (tertiary/aromatic N) is 2. The van der Waals surface area contributed by atoms with Crippen molar-refractivity contribution in [3.63, 3.8) is 0 Å². The van der Waals surface area contributed by atoms with Gasteiger partial charge in [-0.2, -0.15) is 10.2 Å². The third kappa shape index (κ3) is 2.78. The van der Waals surface area contributed by atoms with E-state index in [1.165, 1.54) is 6.07 Å². The maximum atomic E-state index is 11.7. The van der Waals surface area contributed by atoms with Gasteiger partial charge in [0.1, 0.15) is 5.75 Å². The smallest absolute Gasteiger partial charge is 0.255 e. The average molecular weight is 229 g/mol. The molecule has 1 aromatic carbocycles. The predicted octanol–water partition coefficient (Wildman–Crippen LogP) is 1.11. The van der Waals surface area contributed by atoms with Crippen molar-refractivity contribution in [2.45, 2.75) is 6.54 Å². The molecule has 0 aliphatic heterocycles. The number of rotatable bonds is 3. The van der Waals surface area contributed by atoms with Gasteiger partial charge in [0.25, 0.3) is 5.91 Å². The molecule has 1 heterocycles. The molecule has 0 radical (unpaired) electrons. The van der Waals surface area contributed by atoms with Gasteiger partial charge >= 0.3 is 0 Å². The summed E-state index contributed by atoms with van der Waals surface area (Å²) in [6.07, 6.45) is 1.56.